The molecule has 1 heterocycles. The number of hydrogen-bond donors (Lipinski definition) is 2. The van der Waals surface area contributed by atoms with E-state index in [1.165, 1.54) is 32.4 Å². The van der Waals surface area contributed by atoms with E-state index in [1.54, 1.807) is 0 Å². The summed E-state index contributed by atoms with van der Waals surface area (Å²) in [6, 6.07) is 8.71. The predicted octanol–water partition coefficient (Wildman–Crippen LogP) is 1.89. The zero-order chi connectivity index (χ0) is 14.7. The Balaban J connectivity index is 1.46. The number of carbonyl (C=O) groups is 1. The predicted molar refractivity (Wildman–Crippen MR) is 82.2 cm³/mol. The van der Waals surface area contributed by atoms with E-state index in [1.807, 2.05) is 24.3 Å². The van der Waals surface area contributed by atoms with Crippen molar-refractivity contribution in [1.29, 1.82) is 0 Å². The molecule has 0 amide bonds. The smallest absolute Gasteiger partial charge is 0.307 e. The van der Waals surface area contributed by atoms with Gasteiger partial charge in [0, 0.05) is 19.1 Å². The minimum Gasteiger partial charge on any atom is -0.481 e. The van der Waals surface area contributed by atoms with Gasteiger partial charge in [0.1, 0.15) is 0 Å². The summed E-state index contributed by atoms with van der Waals surface area (Å²) >= 11 is 0. The second-order valence-electron chi connectivity index (χ2n) is 6.35. The Morgan fingerprint density at radius 1 is 1.24 bits per heavy atom. The molecule has 0 bridgehead atoms. The summed E-state index contributed by atoms with van der Waals surface area (Å²) in [5.41, 5.74) is 2.03. The van der Waals surface area contributed by atoms with E-state index in [0.29, 0.717) is 0 Å². The van der Waals surface area contributed by atoms with E-state index < -0.39 is 5.97 Å². The molecule has 21 heavy (non-hydrogen) atoms. The van der Waals surface area contributed by atoms with Crippen LogP contribution in [0, 0.1) is 5.92 Å². The third-order valence-electron chi connectivity index (χ3n) is 4.59. The Labute approximate surface area is 126 Å². The average molecular weight is 288 g/mol. The fraction of sp³-hybridized carbons (Fsp3) is 0.588. The maximum Gasteiger partial charge on any atom is 0.307 e. The molecule has 1 aliphatic heterocycles. The van der Waals surface area contributed by atoms with Crippen LogP contribution in [-0.4, -0.2) is 41.7 Å². The van der Waals surface area contributed by atoms with Gasteiger partial charge in [-0.25, -0.2) is 0 Å². The van der Waals surface area contributed by atoms with Crippen molar-refractivity contribution in [2.45, 2.75) is 38.3 Å². The van der Waals surface area contributed by atoms with Gasteiger partial charge in [-0.05, 0) is 49.4 Å². The second kappa shape index (κ2) is 6.58. The standard InChI is InChI=1S/C17H24N2O2/c20-17(21)9-14-3-1-2-4-15(14)11-18-10-13-7-8-19(12-13)16-5-6-16/h1-4,13,16,18H,5-12H2,(H,20,21). The van der Waals surface area contributed by atoms with Crippen LogP contribution in [0.5, 0.6) is 0 Å². The molecule has 1 unspecified atom stereocenters. The summed E-state index contributed by atoms with van der Waals surface area (Å²) in [6.45, 7) is 4.29. The largest absolute Gasteiger partial charge is 0.481 e. The van der Waals surface area contributed by atoms with Crippen molar-refractivity contribution in [2.75, 3.05) is 19.6 Å². The number of benzene rings is 1. The van der Waals surface area contributed by atoms with Gasteiger partial charge in [-0.1, -0.05) is 24.3 Å². The second-order valence-corrected chi connectivity index (χ2v) is 6.35. The molecule has 1 aromatic carbocycles. The van der Waals surface area contributed by atoms with E-state index in [2.05, 4.69) is 10.2 Å². The third-order valence-corrected chi connectivity index (χ3v) is 4.59. The minimum absolute atomic E-state index is 0.108. The molecule has 1 aromatic rings. The van der Waals surface area contributed by atoms with Crippen LogP contribution in [0.25, 0.3) is 0 Å². The summed E-state index contributed by atoms with van der Waals surface area (Å²) in [5, 5.41) is 12.5. The van der Waals surface area contributed by atoms with Gasteiger partial charge in [0.2, 0.25) is 0 Å². The van der Waals surface area contributed by atoms with Gasteiger partial charge in [-0.3, -0.25) is 4.79 Å². The van der Waals surface area contributed by atoms with Gasteiger partial charge in [0.05, 0.1) is 6.42 Å². The van der Waals surface area contributed by atoms with Crippen molar-refractivity contribution < 1.29 is 9.90 Å². The number of aliphatic carboxylic acids is 1. The highest BCUT2D eigenvalue weighted by Crippen LogP contribution is 2.31. The zero-order valence-electron chi connectivity index (χ0n) is 12.4. The maximum atomic E-state index is 10.9. The lowest BCUT2D eigenvalue weighted by molar-refractivity contribution is -0.136. The normalized spacial score (nSPS) is 22.6. The Morgan fingerprint density at radius 3 is 2.71 bits per heavy atom. The molecule has 1 aliphatic carbocycles. The first-order valence-electron chi connectivity index (χ1n) is 7.95. The summed E-state index contributed by atoms with van der Waals surface area (Å²) in [6.07, 6.45) is 4.18. The first-order valence-corrected chi connectivity index (χ1v) is 7.95. The number of carboxylic acids is 1. The van der Waals surface area contributed by atoms with Crippen LogP contribution in [0.3, 0.4) is 0 Å². The fourth-order valence-corrected chi connectivity index (χ4v) is 3.28. The summed E-state index contributed by atoms with van der Waals surface area (Å²) < 4.78 is 0. The maximum absolute atomic E-state index is 10.9. The molecule has 0 spiro atoms. The van der Waals surface area contributed by atoms with Gasteiger partial charge in [-0.2, -0.15) is 0 Å². The highest BCUT2D eigenvalue weighted by molar-refractivity contribution is 5.70. The zero-order valence-corrected chi connectivity index (χ0v) is 12.4. The Morgan fingerprint density at radius 2 is 2.00 bits per heavy atom. The monoisotopic (exact) mass is 288 g/mol. The topological polar surface area (TPSA) is 52.6 Å². The molecule has 1 atom stereocenters. The molecule has 0 radical (unpaired) electrons. The number of nitrogens with one attached hydrogen (secondary N) is 1. The molecule has 0 aromatic heterocycles. The average Bonchev–Trinajstić information content (AvgIpc) is 3.20. The van der Waals surface area contributed by atoms with Crippen LogP contribution in [0.4, 0.5) is 0 Å². The number of likely N-dealkylation sites (tertiary alicyclic amines) is 1. The fourth-order valence-electron chi connectivity index (χ4n) is 3.28. The molecule has 4 nitrogen and oxygen atoms in total. The molecular weight excluding hydrogens is 264 g/mol. The molecule has 1 saturated carbocycles. The molecule has 2 fully saturated rings. The van der Waals surface area contributed by atoms with Crippen molar-refractivity contribution in [3.63, 3.8) is 0 Å². The molecule has 1 saturated heterocycles. The van der Waals surface area contributed by atoms with Gasteiger partial charge >= 0.3 is 5.97 Å². The van der Waals surface area contributed by atoms with Crippen LogP contribution in [0.15, 0.2) is 24.3 Å². The lowest BCUT2D eigenvalue weighted by atomic mass is 10.0. The van der Waals surface area contributed by atoms with Gasteiger partial charge in [0.25, 0.3) is 0 Å². The Hall–Kier alpha value is -1.39. The molecular formula is C17H24N2O2. The molecule has 2 N–H and O–H groups in total. The van der Waals surface area contributed by atoms with Gasteiger partial charge < -0.3 is 15.3 Å². The van der Waals surface area contributed by atoms with Crippen molar-refractivity contribution in [1.82, 2.24) is 10.2 Å². The van der Waals surface area contributed by atoms with E-state index in [-0.39, 0.29) is 6.42 Å². The molecule has 114 valence electrons. The van der Waals surface area contributed by atoms with Gasteiger partial charge in [0.15, 0.2) is 0 Å². The molecule has 2 aliphatic rings. The molecule has 3 rings (SSSR count). The highest BCUT2D eigenvalue weighted by atomic mass is 16.4. The number of hydrogen-bond acceptors (Lipinski definition) is 3. The van der Waals surface area contributed by atoms with Crippen LogP contribution in [0.2, 0.25) is 0 Å². The minimum atomic E-state index is -0.765. The first kappa shape index (κ1) is 14.5. The van der Waals surface area contributed by atoms with Crippen LogP contribution in [-0.2, 0) is 17.8 Å². The van der Waals surface area contributed by atoms with Crippen LogP contribution in [0.1, 0.15) is 30.4 Å². The van der Waals surface area contributed by atoms with Crippen LogP contribution >= 0.6 is 0 Å². The van der Waals surface area contributed by atoms with Crippen LogP contribution < -0.4 is 5.32 Å². The lowest BCUT2D eigenvalue weighted by Crippen LogP contribution is -2.27. The van der Waals surface area contributed by atoms with E-state index in [4.69, 9.17) is 5.11 Å². The van der Waals surface area contributed by atoms with Crippen molar-refractivity contribution >= 4 is 5.97 Å². The quantitative estimate of drug-likeness (QED) is 0.804. The first-order chi connectivity index (χ1) is 10.2. The lowest BCUT2D eigenvalue weighted by Gasteiger charge is -2.15. The third kappa shape index (κ3) is 4.05. The van der Waals surface area contributed by atoms with Gasteiger partial charge in [-0.15, -0.1) is 0 Å². The van der Waals surface area contributed by atoms with E-state index >= 15 is 0 Å². The summed E-state index contributed by atoms with van der Waals surface area (Å²) in [4.78, 5) is 13.5. The SMILES string of the molecule is O=C(O)Cc1ccccc1CNCC1CCN(C2CC2)C1. The summed E-state index contributed by atoms with van der Waals surface area (Å²) in [7, 11) is 0. The van der Waals surface area contributed by atoms with E-state index in [9.17, 15) is 4.79 Å². The van der Waals surface area contributed by atoms with E-state index in [0.717, 1.165) is 36.2 Å². The number of nitrogens with zero attached hydrogens (tertiary/aromatic N) is 1. The number of carboxylic acid groups (broad SMARTS) is 1. The van der Waals surface area contributed by atoms with Crippen molar-refractivity contribution in [3.8, 4) is 0 Å². The highest BCUT2D eigenvalue weighted by Gasteiger charge is 2.33. The van der Waals surface area contributed by atoms with Crippen molar-refractivity contribution in [3.05, 3.63) is 35.4 Å². The number of rotatable bonds is 7. The molecule has 4 heteroatoms. The van der Waals surface area contributed by atoms with Crippen molar-refractivity contribution in [2.24, 2.45) is 5.92 Å². The Kier molecular flexibility index (Phi) is 4.56. The Bertz CT molecular complexity index is 499. The summed E-state index contributed by atoms with van der Waals surface area (Å²) in [5.74, 6) is -0.0180.